The Hall–Kier alpha value is -2.71. The minimum Gasteiger partial charge on any atom is -0.321 e. The van der Waals surface area contributed by atoms with Gasteiger partial charge in [-0.05, 0) is 60.3 Å². The number of carbonyl (C=O) groups excluding carboxylic acids is 1. The van der Waals surface area contributed by atoms with Crippen LogP contribution >= 0.6 is 11.3 Å². The van der Waals surface area contributed by atoms with Crippen LogP contribution < -0.4 is 9.62 Å². The minimum atomic E-state index is -3.92. The number of carbonyl (C=O) groups is 1. The molecule has 0 unspecified atom stereocenters. The number of benzene rings is 2. The van der Waals surface area contributed by atoms with E-state index in [1.54, 1.807) is 23.6 Å². The highest BCUT2D eigenvalue weighted by atomic mass is 32.2. The number of thiophene rings is 1. The van der Waals surface area contributed by atoms with Gasteiger partial charge in [0.1, 0.15) is 15.6 Å². The summed E-state index contributed by atoms with van der Waals surface area (Å²) in [5.41, 5.74) is 1.81. The van der Waals surface area contributed by atoms with Crippen LogP contribution in [0.4, 0.5) is 15.8 Å². The first-order chi connectivity index (χ1) is 12.8. The first-order valence-electron chi connectivity index (χ1n) is 7.99. The Balaban J connectivity index is 1.91. The molecule has 0 atom stereocenters. The molecule has 1 heterocycles. The van der Waals surface area contributed by atoms with Crippen LogP contribution in [0.3, 0.4) is 0 Å². The van der Waals surface area contributed by atoms with Crippen molar-refractivity contribution in [2.75, 3.05) is 16.7 Å². The minimum absolute atomic E-state index is 0.0684. The van der Waals surface area contributed by atoms with Crippen molar-refractivity contribution in [2.45, 2.75) is 11.8 Å². The molecule has 8 heteroatoms. The monoisotopic (exact) mass is 404 g/mol. The molecular formula is C19H17FN2O3S2. The number of sulfonamides is 1. The molecule has 0 radical (unpaired) electrons. The van der Waals surface area contributed by atoms with Gasteiger partial charge in [-0.1, -0.05) is 12.1 Å². The number of hydrogen-bond donors (Lipinski definition) is 1. The van der Waals surface area contributed by atoms with Crippen molar-refractivity contribution in [1.29, 1.82) is 0 Å². The Morgan fingerprint density at radius 2 is 1.81 bits per heavy atom. The highest BCUT2D eigenvalue weighted by Gasteiger charge is 2.28. The molecular weight excluding hydrogens is 387 g/mol. The van der Waals surface area contributed by atoms with Gasteiger partial charge in [-0.25, -0.2) is 12.8 Å². The third-order valence-corrected chi connectivity index (χ3v) is 6.81. The van der Waals surface area contributed by atoms with Crippen molar-refractivity contribution < 1.29 is 17.6 Å². The molecule has 1 aromatic heterocycles. The molecule has 0 aliphatic carbocycles. The van der Waals surface area contributed by atoms with E-state index in [1.807, 2.05) is 13.0 Å². The third kappa shape index (κ3) is 4.01. The molecule has 0 fully saturated rings. The van der Waals surface area contributed by atoms with Gasteiger partial charge in [0.15, 0.2) is 0 Å². The van der Waals surface area contributed by atoms with Crippen LogP contribution in [0.25, 0.3) is 0 Å². The second-order valence-corrected chi connectivity index (χ2v) is 8.74. The molecule has 3 rings (SSSR count). The normalized spacial score (nSPS) is 11.2. The summed E-state index contributed by atoms with van der Waals surface area (Å²) >= 11 is 1.03. The van der Waals surface area contributed by atoms with Gasteiger partial charge in [0.05, 0.1) is 5.69 Å². The van der Waals surface area contributed by atoms with E-state index < -0.39 is 21.7 Å². The lowest BCUT2D eigenvalue weighted by atomic mass is 10.2. The Kier molecular flexibility index (Phi) is 5.29. The van der Waals surface area contributed by atoms with Gasteiger partial charge >= 0.3 is 0 Å². The quantitative estimate of drug-likeness (QED) is 0.690. The SMILES string of the molecule is Cc1cccc(N(C)S(=O)(=O)c2ccsc2C(=O)Nc2ccc(F)cc2)c1. The number of nitrogens with one attached hydrogen (secondary N) is 1. The summed E-state index contributed by atoms with van der Waals surface area (Å²) in [5.74, 6) is -0.986. The number of anilines is 2. The first-order valence-corrected chi connectivity index (χ1v) is 10.3. The van der Waals surface area contributed by atoms with Crippen molar-refractivity contribution in [1.82, 2.24) is 0 Å². The summed E-state index contributed by atoms with van der Waals surface area (Å²) in [6, 6.07) is 13.7. The van der Waals surface area contributed by atoms with Gasteiger partial charge in [-0.15, -0.1) is 11.3 Å². The van der Waals surface area contributed by atoms with Gasteiger partial charge in [0.2, 0.25) is 0 Å². The van der Waals surface area contributed by atoms with E-state index in [4.69, 9.17) is 0 Å². The molecule has 0 spiro atoms. The predicted octanol–water partition coefficient (Wildman–Crippen LogP) is 4.27. The average molecular weight is 404 g/mol. The predicted molar refractivity (Wildman–Crippen MR) is 105 cm³/mol. The molecule has 140 valence electrons. The largest absolute Gasteiger partial charge is 0.321 e. The van der Waals surface area contributed by atoms with Gasteiger partial charge in [0, 0.05) is 12.7 Å². The fraction of sp³-hybridized carbons (Fsp3) is 0.105. The maximum Gasteiger partial charge on any atom is 0.267 e. The molecule has 2 aromatic carbocycles. The zero-order chi connectivity index (χ0) is 19.6. The second kappa shape index (κ2) is 7.50. The number of amides is 1. The van der Waals surface area contributed by atoms with Gasteiger partial charge in [0.25, 0.3) is 15.9 Å². The number of hydrogen-bond acceptors (Lipinski definition) is 4. The van der Waals surface area contributed by atoms with Crippen molar-refractivity contribution in [3.63, 3.8) is 0 Å². The van der Waals surface area contributed by atoms with E-state index in [9.17, 15) is 17.6 Å². The molecule has 0 aliphatic heterocycles. The molecule has 1 amide bonds. The zero-order valence-corrected chi connectivity index (χ0v) is 16.3. The number of halogens is 1. The molecule has 0 saturated heterocycles. The highest BCUT2D eigenvalue weighted by molar-refractivity contribution is 7.93. The summed E-state index contributed by atoms with van der Waals surface area (Å²) in [6.07, 6.45) is 0. The van der Waals surface area contributed by atoms with Crippen LogP contribution in [0.2, 0.25) is 0 Å². The maximum absolute atomic E-state index is 13.0. The fourth-order valence-corrected chi connectivity index (χ4v) is 4.98. The summed E-state index contributed by atoms with van der Waals surface area (Å²) in [7, 11) is -2.47. The van der Waals surface area contributed by atoms with E-state index in [1.165, 1.54) is 37.4 Å². The number of rotatable bonds is 5. The van der Waals surface area contributed by atoms with Crippen LogP contribution in [0.5, 0.6) is 0 Å². The molecule has 0 saturated carbocycles. The van der Waals surface area contributed by atoms with Crippen LogP contribution in [0.15, 0.2) is 64.9 Å². The summed E-state index contributed by atoms with van der Waals surface area (Å²) < 4.78 is 40.2. The standard InChI is InChI=1S/C19H17FN2O3S2/c1-13-4-3-5-16(12-13)22(2)27(24,25)17-10-11-26-18(17)19(23)21-15-8-6-14(20)7-9-15/h3-12H,1-2H3,(H,21,23). The van der Waals surface area contributed by atoms with E-state index in [0.717, 1.165) is 21.2 Å². The van der Waals surface area contributed by atoms with E-state index in [-0.39, 0.29) is 9.77 Å². The topological polar surface area (TPSA) is 66.5 Å². The van der Waals surface area contributed by atoms with Gasteiger partial charge in [-0.2, -0.15) is 0 Å². The molecule has 1 N–H and O–H groups in total. The van der Waals surface area contributed by atoms with Crippen LogP contribution in [-0.4, -0.2) is 21.4 Å². The van der Waals surface area contributed by atoms with Crippen molar-refractivity contribution in [2.24, 2.45) is 0 Å². The number of nitrogens with zero attached hydrogens (tertiary/aromatic N) is 1. The third-order valence-electron chi connectivity index (χ3n) is 3.94. The molecule has 5 nitrogen and oxygen atoms in total. The Morgan fingerprint density at radius 3 is 2.48 bits per heavy atom. The first kappa shape index (κ1) is 19.1. The molecule has 0 bridgehead atoms. The Bertz CT molecular complexity index is 1080. The Labute approximate surface area is 161 Å². The van der Waals surface area contributed by atoms with E-state index in [0.29, 0.717) is 11.4 Å². The smallest absolute Gasteiger partial charge is 0.267 e. The highest BCUT2D eigenvalue weighted by Crippen LogP contribution is 2.29. The zero-order valence-electron chi connectivity index (χ0n) is 14.6. The lowest BCUT2D eigenvalue weighted by Gasteiger charge is -2.20. The summed E-state index contributed by atoms with van der Waals surface area (Å²) in [5, 5.41) is 4.15. The van der Waals surface area contributed by atoms with Gasteiger partial charge in [-0.3, -0.25) is 9.10 Å². The lowest BCUT2D eigenvalue weighted by molar-refractivity contribution is 0.102. The van der Waals surface area contributed by atoms with Crippen molar-refractivity contribution >= 4 is 38.6 Å². The van der Waals surface area contributed by atoms with Crippen LogP contribution in [0, 0.1) is 12.7 Å². The van der Waals surface area contributed by atoms with Crippen molar-refractivity contribution in [3.05, 3.63) is 76.2 Å². The summed E-state index contributed by atoms with van der Waals surface area (Å²) in [4.78, 5) is 12.6. The average Bonchev–Trinajstić information content (AvgIpc) is 3.14. The summed E-state index contributed by atoms with van der Waals surface area (Å²) in [6.45, 7) is 1.87. The second-order valence-electron chi connectivity index (χ2n) is 5.89. The van der Waals surface area contributed by atoms with Crippen LogP contribution in [-0.2, 0) is 10.0 Å². The van der Waals surface area contributed by atoms with E-state index >= 15 is 0 Å². The molecule has 0 aliphatic rings. The molecule has 27 heavy (non-hydrogen) atoms. The van der Waals surface area contributed by atoms with Crippen LogP contribution in [0.1, 0.15) is 15.2 Å². The Morgan fingerprint density at radius 1 is 1.11 bits per heavy atom. The van der Waals surface area contributed by atoms with E-state index in [2.05, 4.69) is 5.32 Å². The molecule has 3 aromatic rings. The number of aryl methyl sites for hydroxylation is 1. The fourth-order valence-electron chi connectivity index (χ4n) is 2.50. The van der Waals surface area contributed by atoms with Crippen molar-refractivity contribution in [3.8, 4) is 0 Å². The maximum atomic E-state index is 13.0. The lowest BCUT2D eigenvalue weighted by Crippen LogP contribution is -2.28. The van der Waals surface area contributed by atoms with Gasteiger partial charge < -0.3 is 5.32 Å².